The van der Waals surface area contributed by atoms with E-state index < -0.39 is 12.0 Å². The third-order valence-electron chi connectivity index (χ3n) is 2.53. The van der Waals surface area contributed by atoms with Crippen LogP contribution in [0.2, 0.25) is 0 Å². The summed E-state index contributed by atoms with van der Waals surface area (Å²) in [5.41, 5.74) is 5.26. The number of aliphatic carboxylic acids is 1. The molecule has 16 heavy (non-hydrogen) atoms. The van der Waals surface area contributed by atoms with Gasteiger partial charge in [0.2, 0.25) is 12.3 Å². The van der Waals surface area contributed by atoms with E-state index in [0.717, 1.165) is 6.41 Å². The summed E-state index contributed by atoms with van der Waals surface area (Å²) in [5.74, 6) is -1.46. The largest absolute Gasteiger partial charge is 0.480 e. The van der Waals surface area contributed by atoms with Crippen LogP contribution in [-0.4, -0.2) is 65.4 Å². The fourth-order valence-corrected chi connectivity index (χ4v) is 1.48. The summed E-state index contributed by atoms with van der Waals surface area (Å²) < 4.78 is 0. The Hall–Kier alpha value is -1.63. The highest BCUT2D eigenvalue weighted by Gasteiger charge is 2.23. The Morgan fingerprint density at radius 3 is 2.31 bits per heavy atom. The van der Waals surface area contributed by atoms with E-state index in [9.17, 15) is 14.4 Å². The van der Waals surface area contributed by atoms with Crippen LogP contribution in [0.4, 0.5) is 0 Å². The van der Waals surface area contributed by atoms with E-state index in [-0.39, 0.29) is 12.3 Å². The van der Waals surface area contributed by atoms with E-state index in [0.29, 0.717) is 26.2 Å². The number of amides is 2. The SMILES string of the molecule is NC(CC(=O)N1CCN(C=O)CC1)C(=O)O. The van der Waals surface area contributed by atoms with Crippen molar-refractivity contribution in [3.63, 3.8) is 0 Å². The second kappa shape index (κ2) is 5.45. The summed E-state index contributed by atoms with van der Waals surface area (Å²) in [5, 5.41) is 8.56. The lowest BCUT2D eigenvalue weighted by Gasteiger charge is -2.32. The molecular formula is C9H15N3O4. The van der Waals surface area contributed by atoms with Gasteiger partial charge in [0, 0.05) is 26.2 Å². The Morgan fingerprint density at radius 1 is 1.31 bits per heavy atom. The average molecular weight is 229 g/mol. The molecule has 3 N–H and O–H groups in total. The van der Waals surface area contributed by atoms with Crippen LogP contribution in [0.15, 0.2) is 0 Å². The maximum Gasteiger partial charge on any atom is 0.321 e. The molecule has 1 saturated heterocycles. The van der Waals surface area contributed by atoms with Crippen molar-refractivity contribution >= 4 is 18.3 Å². The van der Waals surface area contributed by atoms with Crippen molar-refractivity contribution in [2.45, 2.75) is 12.5 Å². The first-order chi connectivity index (χ1) is 7.54. The highest BCUT2D eigenvalue weighted by atomic mass is 16.4. The molecule has 0 radical (unpaired) electrons. The topological polar surface area (TPSA) is 104 Å². The molecule has 1 rings (SSSR count). The van der Waals surface area contributed by atoms with Gasteiger partial charge in [0.15, 0.2) is 0 Å². The first-order valence-corrected chi connectivity index (χ1v) is 5.00. The molecule has 0 aromatic rings. The lowest BCUT2D eigenvalue weighted by Crippen LogP contribution is -2.49. The van der Waals surface area contributed by atoms with Gasteiger partial charge in [-0.05, 0) is 0 Å². The van der Waals surface area contributed by atoms with E-state index in [1.807, 2.05) is 0 Å². The lowest BCUT2D eigenvalue weighted by molar-refractivity contribution is -0.143. The molecule has 0 aliphatic carbocycles. The number of rotatable bonds is 4. The van der Waals surface area contributed by atoms with Gasteiger partial charge in [0.25, 0.3) is 0 Å². The van der Waals surface area contributed by atoms with Gasteiger partial charge < -0.3 is 20.6 Å². The number of nitrogens with zero attached hydrogens (tertiary/aromatic N) is 2. The fraction of sp³-hybridized carbons (Fsp3) is 0.667. The lowest BCUT2D eigenvalue weighted by atomic mass is 10.2. The molecule has 1 fully saturated rings. The Morgan fingerprint density at radius 2 is 1.88 bits per heavy atom. The van der Waals surface area contributed by atoms with Crippen LogP contribution in [0.25, 0.3) is 0 Å². The van der Waals surface area contributed by atoms with Crippen molar-refractivity contribution in [3.05, 3.63) is 0 Å². The highest BCUT2D eigenvalue weighted by Crippen LogP contribution is 2.03. The van der Waals surface area contributed by atoms with E-state index in [1.54, 1.807) is 4.90 Å². The van der Waals surface area contributed by atoms with Gasteiger partial charge in [-0.1, -0.05) is 0 Å². The van der Waals surface area contributed by atoms with Crippen molar-refractivity contribution < 1.29 is 19.5 Å². The summed E-state index contributed by atoms with van der Waals surface area (Å²) in [6.45, 7) is 1.84. The molecule has 0 bridgehead atoms. The Balaban J connectivity index is 2.39. The maximum absolute atomic E-state index is 11.6. The smallest absolute Gasteiger partial charge is 0.321 e. The number of nitrogens with two attached hydrogens (primary N) is 1. The second-order valence-corrected chi connectivity index (χ2v) is 3.67. The zero-order valence-electron chi connectivity index (χ0n) is 8.83. The maximum atomic E-state index is 11.6. The molecule has 1 heterocycles. The number of carbonyl (C=O) groups excluding carboxylic acids is 2. The molecule has 1 unspecified atom stereocenters. The van der Waals surface area contributed by atoms with Crippen LogP contribution in [0.1, 0.15) is 6.42 Å². The van der Waals surface area contributed by atoms with Crippen LogP contribution in [0.5, 0.6) is 0 Å². The minimum Gasteiger partial charge on any atom is -0.480 e. The second-order valence-electron chi connectivity index (χ2n) is 3.67. The van der Waals surface area contributed by atoms with Gasteiger partial charge in [0.05, 0.1) is 6.42 Å². The third-order valence-corrected chi connectivity index (χ3v) is 2.53. The molecule has 90 valence electrons. The summed E-state index contributed by atoms with van der Waals surface area (Å²) in [4.78, 5) is 35.6. The number of carboxylic acid groups (broad SMARTS) is 1. The molecule has 1 atom stereocenters. The van der Waals surface area contributed by atoms with Crippen molar-refractivity contribution in [1.82, 2.24) is 9.80 Å². The Bertz CT molecular complexity index is 286. The highest BCUT2D eigenvalue weighted by molar-refractivity contribution is 5.84. The molecule has 0 aromatic heterocycles. The minimum absolute atomic E-state index is 0.198. The zero-order valence-corrected chi connectivity index (χ0v) is 8.83. The Kier molecular flexibility index (Phi) is 4.24. The van der Waals surface area contributed by atoms with E-state index in [1.165, 1.54) is 4.90 Å². The molecule has 1 aliphatic heterocycles. The number of piperazine rings is 1. The minimum atomic E-state index is -1.18. The van der Waals surface area contributed by atoms with E-state index in [4.69, 9.17) is 10.8 Å². The third kappa shape index (κ3) is 3.20. The number of carboxylic acids is 1. The monoisotopic (exact) mass is 229 g/mol. The first kappa shape index (κ1) is 12.4. The summed E-state index contributed by atoms with van der Waals surface area (Å²) >= 11 is 0. The summed E-state index contributed by atoms with van der Waals surface area (Å²) in [7, 11) is 0. The molecule has 2 amide bonds. The van der Waals surface area contributed by atoms with E-state index >= 15 is 0 Å². The molecule has 0 saturated carbocycles. The quantitative estimate of drug-likeness (QED) is 0.547. The standard InChI is InChI=1S/C9H15N3O4/c10-7(9(15)16)5-8(14)12-3-1-11(6-13)2-4-12/h6-7H,1-5,10H2,(H,15,16). The molecule has 0 spiro atoms. The van der Waals surface area contributed by atoms with Crippen molar-refractivity contribution in [2.24, 2.45) is 5.73 Å². The van der Waals surface area contributed by atoms with Crippen LogP contribution < -0.4 is 5.73 Å². The van der Waals surface area contributed by atoms with Crippen LogP contribution in [-0.2, 0) is 14.4 Å². The van der Waals surface area contributed by atoms with Gasteiger partial charge in [0.1, 0.15) is 6.04 Å². The number of carbonyl (C=O) groups is 3. The Labute approximate surface area is 92.8 Å². The predicted octanol–water partition coefficient (Wildman–Crippen LogP) is -1.91. The average Bonchev–Trinajstić information content (AvgIpc) is 2.28. The van der Waals surface area contributed by atoms with Gasteiger partial charge in [-0.15, -0.1) is 0 Å². The first-order valence-electron chi connectivity index (χ1n) is 5.00. The molecule has 7 heteroatoms. The van der Waals surface area contributed by atoms with Crippen molar-refractivity contribution in [1.29, 1.82) is 0 Å². The van der Waals surface area contributed by atoms with Crippen LogP contribution in [0.3, 0.4) is 0 Å². The van der Waals surface area contributed by atoms with Gasteiger partial charge in [-0.3, -0.25) is 14.4 Å². The number of hydrogen-bond donors (Lipinski definition) is 2. The molecule has 7 nitrogen and oxygen atoms in total. The molecule has 0 aromatic carbocycles. The molecule has 1 aliphatic rings. The molecular weight excluding hydrogens is 214 g/mol. The summed E-state index contributed by atoms with van der Waals surface area (Å²) in [6.07, 6.45) is 0.543. The zero-order chi connectivity index (χ0) is 12.1. The van der Waals surface area contributed by atoms with Gasteiger partial charge in [-0.2, -0.15) is 0 Å². The predicted molar refractivity (Wildman–Crippen MR) is 54.4 cm³/mol. The summed E-state index contributed by atoms with van der Waals surface area (Å²) in [6, 6.07) is -1.16. The van der Waals surface area contributed by atoms with Crippen LogP contribution in [0, 0.1) is 0 Å². The van der Waals surface area contributed by atoms with Crippen molar-refractivity contribution in [2.75, 3.05) is 26.2 Å². The number of hydrogen-bond acceptors (Lipinski definition) is 4. The van der Waals surface area contributed by atoms with Gasteiger partial charge >= 0.3 is 5.97 Å². The van der Waals surface area contributed by atoms with Crippen molar-refractivity contribution in [3.8, 4) is 0 Å². The van der Waals surface area contributed by atoms with Crippen LogP contribution >= 0.6 is 0 Å². The fourth-order valence-electron chi connectivity index (χ4n) is 1.48. The normalized spacial score (nSPS) is 18.1. The van der Waals surface area contributed by atoms with Gasteiger partial charge in [-0.25, -0.2) is 0 Å². The van der Waals surface area contributed by atoms with E-state index in [2.05, 4.69) is 0 Å².